The molecule has 0 N–H and O–H groups in total. The number of ether oxygens (including phenoxy) is 3. The van der Waals surface area contributed by atoms with Gasteiger partial charge in [0.05, 0.1) is 0 Å². The lowest BCUT2D eigenvalue weighted by molar-refractivity contribution is -0.166. The summed E-state index contributed by atoms with van der Waals surface area (Å²) in [5, 5.41) is 0. The molecule has 1 unspecified atom stereocenters. The number of carbonyl (C=O) groups excluding carboxylic acids is 3. The molecule has 82 heavy (non-hydrogen) atoms. The van der Waals surface area contributed by atoms with Gasteiger partial charge in [-0.3, -0.25) is 14.4 Å². The third-order valence-corrected chi connectivity index (χ3v) is 13.8. The van der Waals surface area contributed by atoms with Crippen LogP contribution in [0.4, 0.5) is 0 Å². The SMILES string of the molecule is CC/C=C\C/C=C\C/C=C\C/C=C\C/C=C\C/C=C\CCCCCCCCCCC(=O)OCC(COC(=O)CCCCCCCCC/C=C\CCCCCCCCC)OC(=O)CC/C=C\C/C=C\C/C=C\C/C=C\C/C=C\C/C=C\CC. The van der Waals surface area contributed by atoms with Crippen LogP contribution >= 0.6 is 0 Å². The number of unbranched alkanes of at least 4 members (excludes halogenated alkanes) is 22. The highest BCUT2D eigenvalue weighted by atomic mass is 16.6. The van der Waals surface area contributed by atoms with E-state index in [1.54, 1.807) is 0 Å². The van der Waals surface area contributed by atoms with Crippen LogP contribution in [-0.2, 0) is 28.6 Å². The van der Waals surface area contributed by atoms with Gasteiger partial charge in [-0.25, -0.2) is 0 Å². The van der Waals surface area contributed by atoms with E-state index in [-0.39, 0.29) is 31.6 Å². The van der Waals surface area contributed by atoms with Crippen LogP contribution in [0.1, 0.15) is 284 Å². The van der Waals surface area contributed by atoms with Crippen molar-refractivity contribution in [1.82, 2.24) is 0 Å². The van der Waals surface area contributed by atoms with Crippen molar-refractivity contribution in [1.29, 1.82) is 0 Å². The smallest absolute Gasteiger partial charge is 0.306 e. The average molecular weight is 1130 g/mol. The number of hydrogen-bond donors (Lipinski definition) is 0. The third kappa shape index (κ3) is 65.8. The molecule has 0 aromatic carbocycles. The van der Waals surface area contributed by atoms with Gasteiger partial charge in [0.2, 0.25) is 0 Å². The maximum absolute atomic E-state index is 12.9. The lowest BCUT2D eigenvalue weighted by Gasteiger charge is -2.18. The van der Waals surface area contributed by atoms with Crippen molar-refractivity contribution < 1.29 is 28.6 Å². The summed E-state index contributed by atoms with van der Waals surface area (Å²) in [5.74, 6) is -1.02. The van der Waals surface area contributed by atoms with Crippen molar-refractivity contribution in [2.24, 2.45) is 0 Å². The van der Waals surface area contributed by atoms with Gasteiger partial charge in [-0.1, -0.05) is 288 Å². The molecule has 6 heteroatoms. The third-order valence-electron chi connectivity index (χ3n) is 13.8. The number of hydrogen-bond acceptors (Lipinski definition) is 6. The molecule has 0 bridgehead atoms. The molecule has 0 amide bonds. The van der Waals surface area contributed by atoms with Crippen LogP contribution in [0.3, 0.4) is 0 Å². The first kappa shape index (κ1) is 77.0. The molecule has 1 atom stereocenters. The highest BCUT2D eigenvalue weighted by Gasteiger charge is 2.19. The molecule has 462 valence electrons. The molecule has 0 aliphatic heterocycles. The minimum absolute atomic E-state index is 0.118. The Morgan fingerprint density at radius 3 is 0.805 bits per heavy atom. The molecule has 0 fully saturated rings. The Morgan fingerprint density at radius 2 is 0.500 bits per heavy atom. The second-order valence-electron chi connectivity index (χ2n) is 21.6. The van der Waals surface area contributed by atoms with Gasteiger partial charge in [-0.05, 0) is 135 Å². The van der Waals surface area contributed by atoms with E-state index in [4.69, 9.17) is 14.2 Å². The molecule has 0 radical (unpaired) electrons. The molecule has 0 aliphatic rings. The molecule has 0 saturated heterocycles. The van der Waals surface area contributed by atoms with Gasteiger partial charge < -0.3 is 14.2 Å². The second-order valence-corrected chi connectivity index (χ2v) is 21.6. The van der Waals surface area contributed by atoms with Gasteiger partial charge in [0.1, 0.15) is 13.2 Å². The number of rotatable bonds is 59. The van der Waals surface area contributed by atoms with E-state index in [0.29, 0.717) is 19.3 Å². The van der Waals surface area contributed by atoms with E-state index < -0.39 is 12.1 Å². The maximum Gasteiger partial charge on any atom is 0.306 e. The predicted molar refractivity (Wildman–Crippen MR) is 357 cm³/mol. The monoisotopic (exact) mass is 1130 g/mol. The van der Waals surface area contributed by atoms with Crippen molar-refractivity contribution >= 4 is 17.9 Å². The first-order valence-corrected chi connectivity index (χ1v) is 33.5. The summed E-state index contributed by atoms with van der Waals surface area (Å²) < 4.78 is 16.9. The molecule has 0 rings (SSSR count). The molecule has 0 aromatic rings. The van der Waals surface area contributed by atoms with Gasteiger partial charge >= 0.3 is 17.9 Å². The van der Waals surface area contributed by atoms with Crippen molar-refractivity contribution in [3.8, 4) is 0 Å². The first-order chi connectivity index (χ1) is 40.5. The van der Waals surface area contributed by atoms with Crippen LogP contribution in [0.15, 0.2) is 158 Å². The Balaban J connectivity index is 4.49. The first-order valence-electron chi connectivity index (χ1n) is 33.5. The summed E-state index contributed by atoms with van der Waals surface area (Å²) in [6.07, 6.45) is 99.7. The highest BCUT2D eigenvalue weighted by molar-refractivity contribution is 5.71. The summed E-state index contributed by atoms with van der Waals surface area (Å²) in [6.45, 7) is 6.35. The van der Waals surface area contributed by atoms with Crippen molar-refractivity contribution in [2.75, 3.05) is 13.2 Å². The Kier molecular flexibility index (Phi) is 64.4. The fourth-order valence-electron chi connectivity index (χ4n) is 8.82. The molecule has 0 aromatic heterocycles. The second kappa shape index (κ2) is 68.5. The van der Waals surface area contributed by atoms with E-state index in [9.17, 15) is 14.4 Å². The summed E-state index contributed by atoms with van der Waals surface area (Å²) >= 11 is 0. The molecule has 0 spiro atoms. The summed E-state index contributed by atoms with van der Waals surface area (Å²) in [6, 6.07) is 0. The van der Waals surface area contributed by atoms with E-state index >= 15 is 0 Å². The van der Waals surface area contributed by atoms with Crippen molar-refractivity contribution in [3.05, 3.63) is 158 Å². The lowest BCUT2D eigenvalue weighted by Crippen LogP contribution is -2.30. The minimum Gasteiger partial charge on any atom is -0.462 e. The zero-order chi connectivity index (χ0) is 59.2. The van der Waals surface area contributed by atoms with Crippen molar-refractivity contribution in [2.45, 2.75) is 290 Å². The fraction of sp³-hybridized carbons (Fsp3) is 0.618. The molecule has 0 aliphatic carbocycles. The molecule has 0 heterocycles. The number of carbonyl (C=O) groups is 3. The van der Waals surface area contributed by atoms with Gasteiger partial charge in [0.25, 0.3) is 0 Å². The normalized spacial score (nSPS) is 13.2. The van der Waals surface area contributed by atoms with Crippen LogP contribution < -0.4 is 0 Å². The van der Waals surface area contributed by atoms with Crippen LogP contribution in [-0.4, -0.2) is 37.2 Å². The van der Waals surface area contributed by atoms with Gasteiger partial charge in [0, 0.05) is 19.3 Å². The Morgan fingerprint density at radius 1 is 0.256 bits per heavy atom. The fourth-order valence-corrected chi connectivity index (χ4v) is 8.82. The largest absolute Gasteiger partial charge is 0.462 e. The van der Waals surface area contributed by atoms with E-state index in [1.165, 1.54) is 116 Å². The summed E-state index contributed by atoms with van der Waals surface area (Å²) in [7, 11) is 0. The molecular weight excluding hydrogens is 1010 g/mol. The Labute approximate surface area is 505 Å². The van der Waals surface area contributed by atoms with Gasteiger partial charge in [0.15, 0.2) is 6.10 Å². The van der Waals surface area contributed by atoms with Crippen LogP contribution in [0.25, 0.3) is 0 Å². The number of esters is 3. The van der Waals surface area contributed by atoms with E-state index in [1.807, 2.05) is 6.08 Å². The highest BCUT2D eigenvalue weighted by Crippen LogP contribution is 2.15. The quantitative estimate of drug-likeness (QED) is 0.0261. The zero-order valence-corrected chi connectivity index (χ0v) is 52.9. The zero-order valence-electron chi connectivity index (χ0n) is 52.9. The van der Waals surface area contributed by atoms with Crippen LogP contribution in [0, 0.1) is 0 Å². The predicted octanol–water partition coefficient (Wildman–Crippen LogP) is 23.3. The number of allylic oxidation sites excluding steroid dienone is 26. The van der Waals surface area contributed by atoms with E-state index in [2.05, 4.69) is 173 Å². The van der Waals surface area contributed by atoms with Crippen molar-refractivity contribution in [3.63, 3.8) is 0 Å². The van der Waals surface area contributed by atoms with Crippen LogP contribution in [0.2, 0.25) is 0 Å². The minimum atomic E-state index is -0.833. The van der Waals surface area contributed by atoms with Crippen LogP contribution in [0.5, 0.6) is 0 Å². The topological polar surface area (TPSA) is 78.9 Å². The average Bonchev–Trinajstić information content (AvgIpc) is 3.47. The van der Waals surface area contributed by atoms with Gasteiger partial charge in [-0.2, -0.15) is 0 Å². The summed E-state index contributed by atoms with van der Waals surface area (Å²) in [5.41, 5.74) is 0. The lowest BCUT2D eigenvalue weighted by atomic mass is 10.1. The summed E-state index contributed by atoms with van der Waals surface area (Å²) in [4.78, 5) is 38.4. The Hall–Kier alpha value is -4.97. The molecule has 6 nitrogen and oxygen atoms in total. The standard InChI is InChI=1S/C76H122O6/c1-4-7-10-13-16-19-22-25-28-31-34-35-36-37-38-39-40-41-43-45-48-51-54-57-60-63-66-69-75(78)81-72-73(71-80-74(77)68-65-62-59-56-53-50-47-44-33-30-27-24-21-18-15-12-9-6-3)82-76(79)70-67-64-61-58-55-52-49-46-42-32-29-26-23-20-17-14-11-8-5-2/h7-8,10-11,16-17,19-20,25-26,28-30,33-35,37-38,40-42,46,52,55,61,64,73H,4-6,9,12-15,18,21-24,27,31-32,36,39,43-45,47-51,53-54,56-60,62-63,65-72H2,1-3H3/b10-7-,11-8-,19-16-,20-17-,28-25-,29-26-,33-30-,35-34-,38-37-,41-40-,46-42-,55-52-,64-61-. The molecular formula is C76H122O6. The Bertz CT molecular complexity index is 1830. The van der Waals surface area contributed by atoms with E-state index in [0.717, 1.165) is 122 Å². The van der Waals surface area contributed by atoms with Gasteiger partial charge in [-0.15, -0.1) is 0 Å². The molecule has 0 saturated carbocycles. The maximum atomic E-state index is 12.9.